The van der Waals surface area contributed by atoms with Crippen LogP contribution in [0.5, 0.6) is 0 Å². The number of benzene rings is 2. The fourth-order valence-electron chi connectivity index (χ4n) is 2.87. The molecule has 0 bridgehead atoms. The van der Waals surface area contributed by atoms with Gasteiger partial charge in [-0.15, -0.1) is 0 Å². The minimum absolute atomic E-state index is 0.306. The van der Waals surface area contributed by atoms with Gasteiger partial charge in [-0.05, 0) is 44.5 Å². The number of hydrogen-bond acceptors (Lipinski definition) is 3. The van der Waals surface area contributed by atoms with Crippen molar-refractivity contribution < 1.29 is 27.5 Å². The van der Waals surface area contributed by atoms with Gasteiger partial charge in [-0.2, -0.15) is 13.2 Å². The fourth-order valence-corrected chi connectivity index (χ4v) is 2.87. The number of hydrogen-bond donors (Lipinski definition) is 0. The topological polar surface area (TPSA) is 48.3 Å². The average Bonchev–Trinajstić information content (AvgIpc) is 2.98. The first kappa shape index (κ1) is 19.7. The van der Waals surface area contributed by atoms with Crippen molar-refractivity contribution in [2.45, 2.75) is 32.5 Å². The molecule has 0 unspecified atom stereocenters. The molecule has 3 aromatic rings. The highest BCUT2D eigenvalue weighted by Crippen LogP contribution is 2.36. The van der Waals surface area contributed by atoms with Gasteiger partial charge in [0.15, 0.2) is 0 Å². The van der Waals surface area contributed by atoms with Gasteiger partial charge in [-0.1, -0.05) is 24.3 Å². The van der Waals surface area contributed by atoms with E-state index in [0.717, 1.165) is 12.1 Å². The van der Waals surface area contributed by atoms with E-state index in [0.29, 0.717) is 33.9 Å². The van der Waals surface area contributed by atoms with Crippen LogP contribution >= 0.6 is 0 Å². The maximum Gasteiger partial charge on any atom is 0.419 e. The second-order valence-electron chi connectivity index (χ2n) is 7.37. The van der Waals surface area contributed by atoms with Gasteiger partial charge in [0.25, 0.3) is 0 Å². The summed E-state index contributed by atoms with van der Waals surface area (Å²) in [6, 6.07) is 9.53. The Morgan fingerprint density at radius 2 is 1.79 bits per heavy atom. The molecule has 7 heteroatoms. The van der Waals surface area contributed by atoms with Crippen LogP contribution in [0.25, 0.3) is 22.0 Å². The predicted octanol–water partition coefficient (Wildman–Crippen LogP) is 5.92. The number of carbonyl (C=O) groups is 2. The lowest BCUT2D eigenvalue weighted by atomic mass is 10.0. The second-order valence-corrected chi connectivity index (χ2v) is 7.37. The molecule has 0 spiro atoms. The molecule has 0 radical (unpaired) electrons. The van der Waals surface area contributed by atoms with E-state index in [4.69, 9.17) is 4.74 Å². The highest BCUT2D eigenvalue weighted by Gasteiger charge is 2.31. The van der Waals surface area contributed by atoms with Crippen molar-refractivity contribution in [1.29, 1.82) is 0 Å². The van der Waals surface area contributed by atoms with Crippen LogP contribution in [0.15, 0.2) is 48.7 Å². The number of carbonyl (C=O) groups excluding carboxylic acids is 2. The number of alkyl halides is 3. The molecule has 1 heterocycles. The minimum Gasteiger partial charge on any atom is -0.443 e. The van der Waals surface area contributed by atoms with Crippen LogP contribution in [0.3, 0.4) is 0 Å². The molecule has 2 aromatic carbocycles. The summed E-state index contributed by atoms with van der Waals surface area (Å²) < 4.78 is 45.9. The zero-order valence-corrected chi connectivity index (χ0v) is 15.5. The summed E-state index contributed by atoms with van der Waals surface area (Å²) in [6.45, 7) is 5.13. The number of rotatable bonds is 2. The third-order valence-electron chi connectivity index (χ3n) is 4.06. The van der Waals surface area contributed by atoms with Gasteiger partial charge in [0.05, 0.1) is 11.1 Å². The van der Waals surface area contributed by atoms with Gasteiger partial charge in [-0.3, -0.25) is 9.36 Å². The summed E-state index contributed by atoms with van der Waals surface area (Å²) in [6.07, 6.45) is -3.10. The quantitative estimate of drug-likeness (QED) is 0.511. The van der Waals surface area contributed by atoms with Crippen LogP contribution in [0, 0.1) is 0 Å². The number of halogens is 3. The molecule has 146 valence electrons. The highest BCUT2D eigenvalue weighted by atomic mass is 19.4. The third-order valence-corrected chi connectivity index (χ3v) is 4.06. The number of aromatic nitrogens is 1. The molecule has 28 heavy (non-hydrogen) atoms. The van der Waals surface area contributed by atoms with Crippen molar-refractivity contribution in [1.82, 2.24) is 4.57 Å². The van der Waals surface area contributed by atoms with Crippen molar-refractivity contribution in [3.05, 3.63) is 59.8 Å². The molecule has 0 atom stereocenters. The van der Waals surface area contributed by atoms with E-state index in [1.54, 1.807) is 32.9 Å². The van der Waals surface area contributed by atoms with Gasteiger partial charge >= 0.3 is 12.3 Å². The van der Waals surface area contributed by atoms with Gasteiger partial charge in [0, 0.05) is 22.7 Å². The van der Waals surface area contributed by atoms with Gasteiger partial charge in [-0.25, -0.2) is 4.79 Å². The van der Waals surface area contributed by atoms with Crippen molar-refractivity contribution in [2.24, 2.45) is 0 Å². The SMILES string of the molecule is CC(C)(C)OC(=O)n1cc(-c2cccc(C(F)(F)F)c2)c2ccc(C=O)cc21. The van der Waals surface area contributed by atoms with Crippen molar-refractivity contribution in [2.75, 3.05) is 0 Å². The summed E-state index contributed by atoms with van der Waals surface area (Å²) in [7, 11) is 0. The molecule has 0 saturated carbocycles. The van der Waals surface area contributed by atoms with E-state index < -0.39 is 23.4 Å². The zero-order chi connectivity index (χ0) is 20.7. The monoisotopic (exact) mass is 389 g/mol. The lowest BCUT2D eigenvalue weighted by Gasteiger charge is -2.19. The summed E-state index contributed by atoms with van der Waals surface area (Å²) in [4.78, 5) is 23.8. The minimum atomic E-state index is -4.48. The van der Waals surface area contributed by atoms with Gasteiger partial charge < -0.3 is 4.74 Å². The summed E-state index contributed by atoms with van der Waals surface area (Å²) in [5.74, 6) is 0. The van der Waals surface area contributed by atoms with Crippen LogP contribution < -0.4 is 0 Å². The molecule has 4 nitrogen and oxygen atoms in total. The van der Waals surface area contributed by atoms with Gasteiger partial charge in [0.2, 0.25) is 0 Å². The van der Waals surface area contributed by atoms with Crippen molar-refractivity contribution >= 4 is 23.3 Å². The first-order valence-electron chi connectivity index (χ1n) is 8.51. The van der Waals surface area contributed by atoms with E-state index in [9.17, 15) is 22.8 Å². The summed E-state index contributed by atoms with van der Waals surface area (Å²) >= 11 is 0. The zero-order valence-electron chi connectivity index (χ0n) is 15.5. The molecule has 0 aliphatic carbocycles. The van der Waals surface area contributed by atoms with E-state index in [1.165, 1.54) is 29.0 Å². The first-order valence-corrected chi connectivity index (χ1v) is 8.51. The van der Waals surface area contributed by atoms with Crippen molar-refractivity contribution in [3.8, 4) is 11.1 Å². The molecular weight excluding hydrogens is 371 g/mol. The lowest BCUT2D eigenvalue weighted by Crippen LogP contribution is -2.26. The molecular formula is C21H18F3NO3. The predicted molar refractivity (Wildman–Crippen MR) is 99.4 cm³/mol. The van der Waals surface area contributed by atoms with Crippen LogP contribution in [0.1, 0.15) is 36.7 Å². The molecule has 0 aliphatic heterocycles. The first-order chi connectivity index (χ1) is 13.0. The highest BCUT2D eigenvalue weighted by molar-refractivity contribution is 6.02. The number of nitrogens with zero attached hydrogens (tertiary/aromatic N) is 1. The van der Waals surface area contributed by atoms with Gasteiger partial charge in [0.1, 0.15) is 11.9 Å². The van der Waals surface area contributed by atoms with Crippen molar-refractivity contribution in [3.63, 3.8) is 0 Å². The van der Waals surface area contributed by atoms with E-state index >= 15 is 0 Å². The standard InChI is InChI=1S/C21H18F3NO3/c1-20(2,3)28-19(27)25-11-17(16-8-7-13(12-26)9-18(16)25)14-5-4-6-15(10-14)21(22,23)24/h4-12H,1-3H3. The number of aldehydes is 1. The smallest absolute Gasteiger partial charge is 0.419 e. The molecule has 0 N–H and O–H groups in total. The number of fused-ring (bicyclic) bond motifs is 1. The lowest BCUT2D eigenvalue weighted by molar-refractivity contribution is -0.137. The fraction of sp³-hybridized carbons (Fsp3) is 0.238. The Labute approximate surface area is 159 Å². The van der Waals surface area contributed by atoms with Crippen LogP contribution in [-0.4, -0.2) is 22.5 Å². The maximum absolute atomic E-state index is 13.1. The normalized spacial score (nSPS) is 12.2. The van der Waals surface area contributed by atoms with E-state index in [-0.39, 0.29) is 0 Å². The Morgan fingerprint density at radius 1 is 1.07 bits per heavy atom. The Balaban J connectivity index is 2.22. The molecule has 3 rings (SSSR count). The summed E-state index contributed by atoms with van der Waals surface area (Å²) in [5.41, 5.74) is -0.0814. The molecule has 0 saturated heterocycles. The average molecular weight is 389 g/mol. The molecule has 1 aromatic heterocycles. The molecule has 0 amide bonds. The van der Waals surface area contributed by atoms with E-state index in [2.05, 4.69) is 0 Å². The second kappa shape index (κ2) is 6.82. The summed E-state index contributed by atoms with van der Waals surface area (Å²) in [5, 5.41) is 0.538. The van der Waals surface area contributed by atoms with Crippen LogP contribution in [0.2, 0.25) is 0 Å². The molecule has 0 fully saturated rings. The molecule has 0 aliphatic rings. The maximum atomic E-state index is 13.1. The Kier molecular flexibility index (Phi) is 4.79. The van der Waals surface area contributed by atoms with Crippen LogP contribution in [0.4, 0.5) is 18.0 Å². The largest absolute Gasteiger partial charge is 0.443 e. The third kappa shape index (κ3) is 3.93. The Morgan fingerprint density at radius 3 is 2.39 bits per heavy atom. The Hall–Kier alpha value is -3.09. The van der Waals surface area contributed by atoms with E-state index in [1.807, 2.05) is 0 Å². The number of ether oxygens (including phenoxy) is 1. The van der Waals surface area contributed by atoms with Crippen LogP contribution in [-0.2, 0) is 10.9 Å². The Bertz CT molecular complexity index is 1060.